The first-order valence-corrected chi connectivity index (χ1v) is 6.35. The number of carbonyl (C=O) groups is 1. The zero-order chi connectivity index (χ0) is 14.5. The molecule has 108 valence electrons. The van der Waals surface area contributed by atoms with E-state index in [1.54, 1.807) is 11.0 Å². The second-order valence-electron chi connectivity index (χ2n) is 4.47. The summed E-state index contributed by atoms with van der Waals surface area (Å²) in [6.45, 7) is 1.27. The Hall–Kier alpha value is -2.31. The lowest BCUT2D eigenvalue weighted by Gasteiger charge is -2.15. The van der Waals surface area contributed by atoms with E-state index in [-0.39, 0.29) is 24.0 Å². The fraction of sp³-hybridized carbons (Fsp3) is 0.462. The highest BCUT2D eigenvalue weighted by molar-refractivity contribution is 5.78. The second-order valence-corrected chi connectivity index (χ2v) is 4.47. The predicted octanol–water partition coefficient (Wildman–Crippen LogP) is 1.60. The van der Waals surface area contributed by atoms with Crippen LogP contribution in [0.1, 0.15) is 12.8 Å². The summed E-state index contributed by atoms with van der Waals surface area (Å²) < 4.78 is 10.2. The maximum Gasteiger partial charge on any atom is 0.314 e. The monoisotopic (exact) mass is 280 g/mol. The van der Waals surface area contributed by atoms with Gasteiger partial charge in [0.05, 0.1) is 18.1 Å². The Balaban J connectivity index is 2.04. The van der Waals surface area contributed by atoms with Gasteiger partial charge in [-0.1, -0.05) is 0 Å². The molecular weight excluding hydrogens is 264 g/mol. The number of carbonyl (C=O) groups excluding carboxylic acids is 1. The minimum absolute atomic E-state index is 0.0725. The first kappa shape index (κ1) is 14.1. The summed E-state index contributed by atoms with van der Waals surface area (Å²) in [5, 5.41) is 11.0. The molecule has 0 radical (unpaired) electrons. The molecule has 1 heterocycles. The van der Waals surface area contributed by atoms with Crippen LogP contribution in [-0.4, -0.2) is 42.5 Å². The molecule has 0 unspecified atom stereocenters. The van der Waals surface area contributed by atoms with Crippen LogP contribution in [0.15, 0.2) is 18.2 Å². The SMILES string of the molecule is COc1ccc(OCC(=O)N2CCCC2)c([N+](=O)[O-])c1. The first-order valence-electron chi connectivity index (χ1n) is 6.35. The number of hydrogen-bond acceptors (Lipinski definition) is 5. The maximum absolute atomic E-state index is 11.8. The standard InChI is InChI=1S/C13H16N2O5/c1-19-10-4-5-12(11(8-10)15(17)18)20-9-13(16)14-6-2-3-7-14/h4-5,8H,2-3,6-7,9H2,1H3. The van der Waals surface area contributed by atoms with Gasteiger partial charge in [-0.2, -0.15) is 0 Å². The molecule has 1 fully saturated rings. The summed E-state index contributed by atoms with van der Waals surface area (Å²) in [6, 6.07) is 4.27. The number of benzene rings is 1. The van der Waals surface area contributed by atoms with Crippen LogP contribution in [0.25, 0.3) is 0 Å². The maximum atomic E-state index is 11.8. The van der Waals surface area contributed by atoms with Crippen molar-refractivity contribution in [1.29, 1.82) is 0 Å². The lowest BCUT2D eigenvalue weighted by atomic mass is 10.3. The molecule has 1 aliphatic heterocycles. The van der Waals surface area contributed by atoms with Crippen LogP contribution in [0.2, 0.25) is 0 Å². The number of nitro groups is 1. The minimum atomic E-state index is -0.557. The van der Waals surface area contributed by atoms with Gasteiger partial charge in [-0.3, -0.25) is 14.9 Å². The topological polar surface area (TPSA) is 81.9 Å². The Bertz CT molecular complexity index is 511. The zero-order valence-corrected chi connectivity index (χ0v) is 11.2. The third-order valence-electron chi connectivity index (χ3n) is 3.17. The highest BCUT2D eigenvalue weighted by atomic mass is 16.6. The van der Waals surface area contributed by atoms with Crippen LogP contribution in [0.5, 0.6) is 11.5 Å². The van der Waals surface area contributed by atoms with E-state index in [9.17, 15) is 14.9 Å². The van der Waals surface area contributed by atoms with Crippen molar-refractivity contribution in [2.45, 2.75) is 12.8 Å². The van der Waals surface area contributed by atoms with Gasteiger partial charge in [0.2, 0.25) is 0 Å². The molecule has 20 heavy (non-hydrogen) atoms. The molecule has 0 aromatic heterocycles. The average molecular weight is 280 g/mol. The fourth-order valence-electron chi connectivity index (χ4n) is 2.09. The van der Waals surface area contributed by atoms with Crippen molar-refractivity contribution in [2.24, 2.45) is 0 Å². The molecule has 1 amide bonds. The quantitative estimate of drug-likeness (QED) is 0.604. The number of rotatable bonds is 5. The Morgan fingerprint density at radius 1 is 1.40 bits per heavy atom. The number of nitro benzene ring substituents is 1. The van der Waals surface area contributed by atoms with Gasteiger partial charge in [0.15, 0.2) is 12.4 Å². The van der Waals surface area contributed by atoms with Crippen molar-refractivity contribution in [3.05, 3.63) is 28.3 Å². The third kappa shape index (κ3) is 3.17. The zero-order valence-electron chi connectivity index (χ0n) is 11.2. The molecule has 1 aliphatic rings. The molecule has 0 bridgehead atoms. The summed E-state index contributed by atoms with van der Waals surface area (Å²) in [5.74, 6) is 0.297. The highest BCUT2D eigenvalue weighted by Crippen LogP contribution is 2.31. The average Bonchev–Trinajstić information content (AvgIpc) is 2.98. The molecule has 0 atom stereocenters. The summed E-state index contributed by atoms with van der Waals surface area (Å²) in [4.78, 5) is 23.9. The van der Waals surface area contributed by atoms with Gasteiger partial charge < -0.3 is 14.4 Å². The van der Waals surface area contributed by atoms with E-state index < -0.39 is 4.92 Å². The van der Waals surface area contributed by atoms with E-state index in [0.29, 0.717) is 5.75 Å². The third-order valence-corrected chi connectivity index (χ3v) is 3.17. The Morgan fingerprint density at radius 3 is 2.70 bits per heavy atom. The molecule has 1 aromatic rings. The summed E-state index contributed by atoms with van der Waals surface area (Å²) in [5.41, 5.74) is -0.210. The highest BCUT2D eigenvalue weighted by Gasteiger charge is 2.21. The number of methoxy groups -OCH3 is 1. The van der Waals surface area contributed by atoms with Gasteiger partial charge in [0.25, 0.3) is 5.91 Å². The van der Waals surface area contributed by atoms with Crippen LogP contribution >= 0.6 is 0 Å². The first-order chi connectivity index (χ1) is 9.61. The van der Waals surface area contributed by atoms with E-state index in [1.807, 2.05) is 0 Å². The molecule has 7 nitrogen and oxygen atoms in total. The molecule has 7 heteroatoms. The van der Waals surface area contributed by atoms with Crippen LogP contribution in [-0.2, 0) is 4.79 Å². The second kappa shape index (κ2) is 6.23. The number of likely N-dealkylation sites (tertiary alicyclic amines) is 1. The normalized spacial score (nSPS) is 14.2. The van der Waals surface area contributed by atoms with Crippen molar-refractivity contribution in [1.82, 2.24) is 4.90 Å². The molecule has 0 aliphatic carbocycles. The van der Waals surface area contributed by atoms with Crippen molar-refractivity contribution < 1.29 is 19.2 Å². The van der Waals surface area contributed by atoms with Crippen molar-refractivity contribution in [2.75, 3.05) is 26.8 Å². The molecular formula is C13H16N2O5. The lowest BCUT2D eigenvalue weighted by Crippen LogP contribution is -2.32. The number of hydrogen-bond donors (Lipinski definition) is 0. The Labute approximate surface area is 116 Å². The van der Waals surface area contributed by atoms with Gasteiger partial charge in [-0.05, 0) is 25.0 Å². The van der Waals surface area contributed by atoms with Crippen molar-refractivity contribution >= 4 is 11.6 Å². The smallest absolute Gasteiger partial charge is 0.314 e. The Kier molecular flexibility index (Phi) is 4.39. The van der Waals surface area contributed by atoms with Gasteiger partial charge >= 0.3 is 5.69 Å². The van der Waals surface area contributed by atoms with E-state index in [4.69, 9.17) is 9.47 Å². The van der Waals surface area contributed by atoms with E-state index in [1.165, 1.54) is 19.2 Å². The molecule has 1 aromatic carbocycles. The van der Waals surface area contributed by atoms with Gasteiger partial charge in [0.1, 0.15) is 5.75 Å². The van der Waals surface area contributed by atoms with Crippen LogP contribution < -0.4 is 9.47 Å². The van der Waals surface area contributed by atoms with Crippen molar-refractivity contribution in [3.8, 4) is 11.5 Å². The molecule has 0 saturated carbocycles. The van der Waals surface area contributed by atoms with Gasteiger partial charge in [-0.15, -0.1) is 0 Å². The molecule has 0 N–H and O–H groups in total. The van der Waals surface area contributed by atoms with Crippen LogP contribution in [0.3, 0.4) is 0 Å². The van der Waals surface area contributed by atoms with Crippen LogP contribution in [0, 0.1) is 10.1 Å². The number of ether oxygens (including phenoxy) is 2. The van der Waals surface area contributed by atoms with Gasteiger partial charge in [-0.25, -0.2) is 0 Å². The summed E-state index contributed by atoms with van der Waals surface area (Å²) in [6.07, 6.45) is 1.99. The van der Waals surface area contributed by atoms with Crippen LogP contribution in [0.4, 0.5) is 5.69 Å². The lowest BCUT2D eigenvalue weighted by molar-refractivity contribution is -0.385. The number of amides is 1. The fourth-order valence-corrected chi connectivity index (χ4v) is 2.09. The number of nitrogens with zero attached hydrogens (tertiary/aromatic N) is 2. The van der Waals surface area contributed by atoms with E-state index >= 15 is 0 Å². The van der Waals surface area contributed by atoms with E-state index in [2.05, 4.69) is 0 Å². The Morgan fingerprint density at radius 2 is 2.10 bits per heavy atom. The molecule has 0 spiro atoms. The molecule has 2 rings (SSSR count). The van der Waals surface area contributed by atoms with E-state index in [0.717, 1.165) is 25.9 Å². The minimum Gasteiger partial charge on any atom is -0.496 e. The largest absolute Gasteiger partial charge is 0.496 e. The van der Waals surface area contributed by atoms with Gasteiger partial charge in [0, 0.05) is 13.1 Å². The predicted molar refractivity (Wildman–Crippen MR) is 71.0 cm³/mol. The van der Waals surface area contributed by atoms with Crippen molar-refractivity contribution in [3.63, 3.8) is 0 Å². The summed E-state index contributed by atoms with van der Waals surface area (Å²) in [7, 11) is 1.43. The molecule has 1 saturated heterocycles. The summed E-state index contributed by atoms with van der Waals surface area (Å²) >= 11 is 0.